The molecule has 0 bridgehead atoms. The first-order valence-electron chi connectivity index (χ1n) is 4.66. The normalized spacial score (nSPS) is 21.4. The van der Waals surface area contributed by atoms with Gasteiger partial charge in [0.2, 0.25) is 5.91 Å². The van der Waals surface area contributed by atoms with Crippen LogP contribution < -0.4 is 5.32 Å². The van der Waals surface area contributed by atoms with Gasteiger partial charge in [-0.15, -0.1) is 0 Å². The number of methoxy groups -OCH3 is 1. The Hall–Kier alpha value is -1.10. The van der Waals surface area contributed by atoms with Crippen molar-refractivity contribution in [1.82, 2.24) is 5.32 Å². The maximum absolute atomic E-state index is 11.4. The number of amides is 1. The summed E-state index contributed by atoms with van der Waals surface area (Å²) in [5, 5.41) is 2.51. The van der Waals surface area contributed by atoms with E-state index < -0.39 is 5.97 Å². The summed E-state index contributed by atoms with van der Waals surface area (Å²) in [7, 11) is 1.29. The number of rotatable bonds is 3. The highest BCUT2D eigenvalue weighted by Gasteiger charge is 2.21. The third kappa shape index (κ3) is 3.33. The van der Waals surface area contributed by atoms with Crippen molar-refractivity contribution in [1.29, 1.82) is 0 Å². The molecule has 1 amide bonds. The van der Waals surface area contributed by atoms with Gasteiger partial charge in [0.25, 0.3) is 0 Å². The molecule has 1 aliphatic rings. The number of carbonyl (C=O) groups is 2. The van der Waals surface area contributed by atoms with Crippen LogP contribution in [0.5, 0.6) is 0 Å². The van der Waals surface area contributed by atoms with E-state index in [9.17, 15) is 9.59 Å². The highest BCUT2D eigenvalue weighted by atomic mass is 16.5. The van der Waals surface area contributed by atoms with E-state index >= 15 is 0 Å². The maximum Gasteiger partial charge on any atom is 0.325 e. The summed E-state index contributed by atoms with van der Waals surface area (Å²) in [5.74, 6) is -0.682. The van der Waals surface area contributed by atoms with Gasteiger partial charge >= 0.3 is 5.97 Å². The number of nitrogens with one attached hydrogen (secondary N) is 1. The Kier molecular flexibility index (Phi) is 4.39. The van der Waals surface area contributed by atoms with Crippen molar-refractivity contribution >= 4 is 11.9 Å². The molecular formula is C9H15NO4. The Morgan fingerprint density at radius 1 is 1.57 bits per heavy atom. The van der Waals surface area contributed by atoms with Gasteiger partial charge < -0.3 is 14.8 Å². The summed E-state index contributed by atoms with van der Waals surface area (Å²) in [6, 6.07) is 0. The maximum atomic E-state index is 11.4. The lowest BCUT2D eigenvalue weighted by Crippen LogP contribution is -2.38. The fourth-order valence-electron chi connectivity index (χ4n) is 1.32. The van der Waals surface area contributed by atoms with Crippen LogP contribution in [-0.4, -0.2) is 38.7 Å². The first-order valence-corrected chi connectivity index (χ1v) is 4.66. The molecule has 1 saturated heterocycles. The van der Waals surface area contributed by atoms with Crippen LogP contribution in [0.4, 0.5) is 0 Å². The highest BCUT2D eigenvalue weighted by Crippen LogP contribution is 2.12. The Bertz CT molecular complexity index is 211. The van der Waals surface area contributed by atoms with E-state index in [-0.39, 0.29) is 18.4 Å². The van der Waals surface area contributed by atoms with E-state index in [0.717, 1.165) is 19.4 Å². The van der Waals surface area contributed by atoms with Crippen LogP contribution in [0.25, 0.3) is 0 Å². The molecule has 1 fully saturated rings. The van der Waals surface area contributed by atoms with Gasteiger partial charge in [-0.2, -0.15) is 0 Å². The highest BCUT2D eigenvalue weighted by molar-refractivity contribution is 5.83. The minimum atomic E-state index is -0.435. The lowest BCUT2D eigenvalue weighted by Gasteiger charge is -2.20. The molecule has 0 aromatic heterocycles. The summed E-state index contributed by atoms with van der Waals surface area (Å²) in [5.41, 5.74) is 0. The van der Waals surface area contributed by atoms with Crippen molar-refractivity contribution in [2.75, 3.05) is 26.9 Å². The van der Waals surface area contributed by atoms with Crippen molar-refractivity contribution in [3.05, 3.63) is 0 Å². The van der Waals surface area contributed by atoms with E-state index in [1.165, 1.54) is 7.11 Å². The fraction of sp³-hybridized carbons (Fsp3) is 0.778. The third-order valence-corrected chi connectivity index (χ3v) is 2.17. The molecule has 1 aliphatic heterocycles. The first-order chi connectivity index (χ1) is 6.74. The van der Waals surface area contributed by atoms with Crippen molar-refractivity contribution < 1.29 is 19.1 Å². The van der Waals surface area contributed by atoms with Gasteiger partial charge in [0.15, 0.2) is 0 Å². The average molecular weight is 201 g/mol. The molecule has 0 aromatic rings. The van der Waals surface area contributed by atoms with Crippen LogP contribution in [-0.2, 0) is 19.1 Å². The third-order valence-electron chi connectivity index (χ3n) is 2.17. The van der Waals surface area contributed by atoms with Gasteiger partial charge in [0.1, 0.15) is 6.54 Å². The molecule has 0 saturated carbocycles. The molecule has 0 aromatic carbocycles. The average Bonchev–Trinajstić information content (AvgIpc) is 2.26. The second kappa shape index (κ2) is 5.59. The minimum absolute atomic E-state index is 0.0637. The lowest BCUT2D eigenvalue weighted by molar-refractivity contribution is -0.142. The van der Waals surface area contributed by atoms with E-state index in [1.54, 1.807) is 0 Å². The predicted octanol–water partition coefficient (Wildman–Crippen LogP) is -0.298. The largest absolute Gasteiger partial charge is 0.468 e. The Morgan fingerprint density at radius 3 is 2.93 bits per heavy atom. The SMILES string of the molecule is COC(=O)CNC(=O)C1CCCOC1. The van der Waals surface area contributed by atoms with Crippen LogP contribution in [0, 0.1) is 5.92 Å². The molecule has 80 valence electrons. The number of hydrogen-bond acceptors (Lipinski definition) is 4. The monoisotopic (exact) mass is 201 g/mol. The molecule has 0 spiro atoms. The van der Waals surface area contributed by atoms with Gasteiger partial charge in [0.05, 0.1) is 19.6 Å². The van der Waals surface area contributed by atoms with Crippen molar-refractivity contribution in [3.63, 3.8) is 0 Å². The van der Waals surface area contributed by atoms with Crippen molar-refractivity contribution in [2.45, 2.75) is 12.8 Å². The van der Waals surface area contributed by atoms with Gasteiger partial charge in [-0.25, -0.2) is 0 Å². The topological polar surface area (TPSA) is 64.6 Å². The predicted molar refractivity (Wildman–Crippen MR) is 48.6 cm³/mol. The molecule has 1 atom stereocenters. The summed E-state index contributed by atoms with van der Waals surface area (Å²) in [6.07, 6.45) is 1.73. The van der Waals surface area contributed by atoms with E-state index in [2.05, 4.69) is 10.1 Å². The smallest absolute Gasteiger partial charge is 0.325 e. The number of ether oxygens (including phenoxy) is 2. The van der Waals surface area contributed by atoms with Crippen LogP contribution >= 0.6 is 0 Å². The molecule has 5 nitrogen and oxygen atoms in total. The van der Waals surface area contributed by atoms with Crippen molar-refractivity contribution in [3.8, 4) is 0 Å². The van der Waals surface area contributed by atoms with Crippen LogP contribution in [0.1, 0.15) is 12.8 Å². The van der Waals surface area contributed by atoms with Gasteiger partial charge in [0, 0.05) is 6.61 Å². The summed E-state index contributed by atoms with van der Waals surface area (Å²) < 4.78 is 9.56. The van der Waals surface area contributed by atoms with Gasteiger partial charge in [-0.05, 0) is 12.8 Å². The molecule has 0 radical (unpaired) electrons. The zero-order valence-electron chi connectivity index (χ0n) is 8.25. The molecule has 0 aliphatic carbocycles. The fourth-order valence-corrected chi connectivity index (χ4v) is 1.32. The van der Waals surface area contributed by atoms with E-state index in [0.29, 0.717) is 6.61 Å². The lowest BCUT2D eigenvalue weighted by atomic mass is 10.0. The number of esters is 1. The molecular weight excluding hydrogens is 186 g/mol. The van der Waals surface area contributed by atoms with Crippen molar-refractivity contribution in [2.24, 2.45) is 5.92 Å². The minimum Gasteiger partial charge on any atom is -0.468 e. The number of hydrogen-bond donors (Lipinski definition) is 1. The Labute approximate surface area is 82.8 Å². The Morgan fingerprint density at radius 2 is 2.36 bits per heavy atom. The summed E-state index contributed by atoms with van der Waals surface area (Å²) in [4.78, 5) is 22.2. The zero-order chi connectivity index (χ0) is 10.4. The van der Waals surface area contributed by atoms with Crippen LogP contribution in [0.15, 0.2) is 0 Å². The van der Waals surface area contributed by atoms with Gasteiger partial charge in [-0.1, -0.05) is 0 Å². The molecule has 1 unspecified atom stereocenters. The summed E-state index contributed by atoms with van der Waals surface area (Å²) in [6.45, 7) is 1.11. The molecule has 5 heteroatoms. The van der Waals surface area contributed by atoms with Crippen LogP contribution in [0.2, 0.25) is 0 Å². The number of carbonyl (C=O) groups excluding carboxylic acids is 2. The quantitative estimate of drug-likeness (QED) is 0.637. The Balaban J connectivity index is 2.23. The first kappa shape index (κ1) is 11.0. The second-order valence-corrected chi connectivity index (χ2v) is 3.21. The summed E-state index contributed by atoms with van der Waals surface area (Å²) >= 11 is 0. The zero-order valence-corrected chi connectivity index (χ0v) is 8.25. The standard InChI is InChI=1S/C9H15NO4/c1-13-8(11)5-10-9(12)7-3-2-4-14-6-7/h7H,2-6H2,1H3,(H,10,12). The molecule has 14 heavy (non-hydrogen) atoms. The molecule has 1 rings (SSSR count). The molecule has 1 heterocycles. The van der Waals surface area contributed by atoms with E-state index in [4.69, 9.17) is 4.74 Å². The van der Waals surface area contributed by atoms with Gasteiger partial charge in [-0.3, -0.25) is 9.59 Å². The van der Waals surface area contributed by atoms with Crippen LogP contribution in [0.3, 0.4) is 0 Å². The molecule has 1 N–H and O–H groups in total. The second-order valence-electron chi connectivity index (χ2n) is 3.21. The van der Waals surface area contributed by atoms with E-state index in [1.807, 2.05) is 0 Å².